The zero-order chi connectivity index (χ0) is 15.3. The van der Waals surface area contributed by atoms with E-state index in [-0.39, 0.29) is 17.4 Å². The molecule has 0 aliphatic rings. The van der Waals surface area contributed by atoms with Crippen molar-refractivity contribution in [3.05, 3.63) is 35.1 Å². The molecule has 0 spiro atoms. The Labute approximate surface area is 123 Å². The second kappa shape index (κ2) is 7.19. The van der Waals surface area contributed by atoms with Crippen molar-refractivity contribution in [2.75, 3.05) is 19.6 Å². The van der Waals surface area contributed by atoms with E-state index in [1.807, 2.05) is 12.1 Å². The van der Waals surface area contributed by atoms with Crippen molar-refractivity contribution < 1.29 is 4.39 Å². The molecule has 1 unspecified atom stereocenters. The van der Waals surface area contributed by atoms with Crippen molar-refractivity contribution in [2.45, 2.75) is 53.1 Å². The maximum atomic E-state index is 13.9. The van der Waals surface area contributed by atoms with E-state index in [1.165, 1.54) is 0 Å². The Bertz CT molecular complexity index is 425. The van der Waals surface area contributed by atoms with Crippen molar-refractivity contribution in [3.63, 3.8) is 0 Å². The van der Waals surface area contributed by atoms with Gasteiger partial charge in [0.15, 0.2) is 0 Å². The minimum absolute atomic E-state index is 0.0682. The van der Waals surface area contributed by atoms with Gasteiger partial charge in [-0.3, -0.25) is 4.90 Å². The number of aryl methyl sites for hydroxylation is 1. The minimum Gasteiger partial charge on any atom is -0.309 e. The summed E-state index contributed by atoms with van der Waals surface area (Å²) in [4.78, 5) is 2.41. The van der Waals surface area contributed by atoms with Gasteiger partial charge in [0.05, 0.1) is 6.04 Å². The van der Waals surface area contributed by atoms with Crippen LogP contribution in [0.4, 0.5) is 4.39 Å². The van der Waals surface area contributed by atoms with Gasteiger partial charge >= 0.3 is 0 Å². The van der Waals surface area contributed by atoms with Crippen molar-refractivity contribution in [2.24, 2.45) is 0 Å². The fraction of sp³-hybridized carbons (Fsp3) is 0.647. The standard InChI is InChI=1S/C17H29FN2/c1-7-19-16(17(5,6)20(8-2)9-3)14-11-10-13(4)15(18)12-14/h10-12,16,19H,7-9H2,1-6H3. The lowest BCUT2D eigenvalue weighted by Gasteiger charge is -2.44. The summed E-state index contributed by atoms with van der Waals surface area (Å²) in [6.45, 7) is 15.5. The SMILES string of the molecule is CCNC(c1ccc(C)c(F)c1)C(C)(C)N(CC)CC. The monoisotopic (exact) mass is 280 g/mol. The van der Waals surface area contributed by atoms with E-state index in [0.717, 1.165) is 25.2 Å². The molecular weight excluding hydrogens is 251 g/mol. The molecule has 0 fully saturated rings. The van der Waals surface area contributed by atoms with Crippen LogP contribution in [0.5, 0.6) is 0 Å². The predicted molar refractivity (Wildman–Crippen MR) is 84.6 cm³/mol. The molecule has 1 rings (SSSR count). The van der Waals surface area contributed by atoms with Gasteiger partial charge in [0.1, 0.15) is 5.82 Å². The van der Waals surface area contributed by atoms with Crippen molar-refractivity contribution >= 4 is 0 Å². The smallest absolute Gasteiger partial charge is 0.126 e. The van der Waals surface area contributed by atoms with Crippen LogP contribution >= 0.6 is 0 Å². The molecule has 114 valence electrons. The van der Waals surface area contributed by atoms with Gasteiger partial charge in [0, 0.05) is 5.54 Å². The van der Waals surface area contributed by atoms with Crippen LogP contribution in [-0.4, -0.2) is 30.1 Å². The van der Waals surface area contributed by atoms with Gasteiger partial charge in [-0.25, -0.2) is 4.39 Å². The highest BCUT2D eigenvalue weighted by Gasteiger charge is 2.34. The second-order valence-corrected chi connectivity index (χ2v) is 5.83. The summed E-state index contributed by atoms with van der Waals surface area (Å²) in [5, 5.41) is 3.53. The molecule has 0 saturated carbocycles. The van der Waals surface area contributed by atoms with E-state index in [4.69, 9.17) is 0 Å². The number of hydrogen-bond acceptors (Lipinski definition) is 2. The van der Waals surface area contributed by atoms with Crippen LogP contribution in [0.1, 0.15) is 51.8 Å². The molecular formula is C17H29FN2. The summed E-state index contributed by atoms with van der Waals surface area (Å²) in [7, 11) is 0. The molecule has 0 bridgehead atoms. The summed E-state index contributed by atoms with van der Waals surface area (Å²) in [5.41, 5.74) is 1.65. The van der Waals surface area contributed by atoms with Crippen LogP contribution in [0.25, 0.3) is 0 Å². The van der Waals surface area contributed by atoms with E-state index in [1.54, 1.807) is 13.0 Å². The second-order valence-electron chi connectivity index (χ2n) is 5.83. The number of nitrogens with one attached hydrogen (secondary N) is 1. The summed E-state index contributed by atoms with van der Waals surface area (Å²) in [5.74, 6) is -0.124. The molecule has 0 saturated heterocycles. The van der Waals surface area contributed by atoms with E-state index in [0.29, 0.717) is 5.56 Å². The molecule has 1 aromatic rings. The minimum atomic E-state index is -0.124. The molecule has 0 aliphatic heterocycles. The Morgan fingerprint density at radius 3 is 2.25 bits per heavy atom. The van der Waals surface area contributed by atoms with Crippen LogP contribution < -0.4 is 5.32 Å². The van der Waals surface area contributed by atoms with Crippen molar-refractivity contribution in [1.29, 1.82) is 0 Å². The van der Waals surface area contributed by atoms with Crippen LogP contribution in [0, 0.1) is 12.7 Å². The summed E-state index contributed by atoms with van der Waals surface area (Å²) in [6, 6.07) is 5.69. The molecule has 3 heteroatoms. The van der Waals surface area contributed by atoms with E-state index in [9.17, 15) is 4.39 Å². The largest absolute Gasteiger partial charge is 0.309 e. The highest BCUT2D eigenvalue weighted by atomic mass is 19.1. The van der Waals surface area contributed by atoms with Gasteiger partial charge in [-0.2, -0.15) is 0 Å². The van der Waals surface area contributed by atoms with Crippen LogP contribution in [0.2, 0.25) is 0 Å². The fourth-order valence-corrected chi connectivity index (χ4v) is 2.99. The maximum absolute atomic E-state index is 13.9. The average molecular weight is 280 g/mol. The number of rotatable bonds is 7. The van der Waals surface area contributed by atoms with E-state index >= 15 is 0 Å². The highest BCUT2D eigenvalue weighted by molar-refractivity contribution is 5.28. The molecule has 0 heterocycles. The van der Waals surface area contributed by atoms with Gasteiger partial charge in [0.2, 0.25) is 0 Å². The van der Waals surface area contributed by atoms with Crippen LogP contribution in [0.15, 0.2) is 18.2 Å². The number of halogens is 1. The molecule has 0 aliphatic carbocycles. The topological polar surface area (TPSA) is 15.3 Å². The summed E-state index contributed by atoms with van der Waals surface area (Å²) >= 11 is 0. The van der Waals surface area contributed by atoms with Crippen molar-refractivity contribution in [3.8, 4) is 0 Å². The first-order valence-electron chi connectivity index (χ1n) is 7.62. The lowest BCUT2D eigenvalue weighted by molar-refractivity contribution is 0.0917. The third-order valence-electron chi connectivity index (χ3n) is 4.22. The first kappa shape index (κ1) is 17.1. The lowest BCUT2D eigenvalue weighted by atomic mass is 9.86. The lowest BCUT2D eigenvalue weighted by Crippen LogP contribution is -2.52. The first-order valence-corrected chi connectivity index (χ1v) is 7.62. The fourth-order valence-electron chi connectivity index (χ4n) is 2.99. The van der Waals surface area contributed by atoms with Crippen LogP contribution in [-0.2, 0) is 0 Å². The Balaban J connectivity index is 3.18. The Hall–Kier alpha value is -0.930. The molecule has 0 radical (unpaired) electrons. The molecule has 20 heavy (non-hydrogen) atoms. The summed E-state index contributed by atoms with van der Waals surface area (Å²) < 4.78 is 13.9. The average Bonchev–Trinajstić information content (AvgIpc) is 2.40. The van der Waals surface area contributed by atoms with Gasteiger partial charge in [-0.05, 0) is 57.6 Å². The quantitative estimate of drug-likeness (QED) is 0.815. The number of benzene rings is 1. The molecule has 0 amide bonds. The number of likely N-dealkylation sites (N-methyl/N-ethyl adjacent to an activating group) is 2. The van der Waals surface area contributed by atoms with Gasteiger partial charge in [-0.15, -0.1) is 0 Å². The zero-order valence-corrected chi connectivity index (χ0v) is 13.8. The number of hydrogen-bond donors (Lipinski definition) is 1. The third kappa shape index (κ3) is 3.58. The number of nitrogens with zero attached hydrogens (tertiary/aromatic N) is 1. The molecule has 1 N–H and O–H groups in total. The molecule has 1 atom stereocenters. The first-order chi connectivity index (χ1) is 9.38. The van der Waals surface area contributed by atoms with Gasteiger partial charge < -0.3 is 5.32 Å². The molecule has 1 aromatic carbocycles. The highest BCUT2D eigenvalue weighted by Crippen LogP contribution is 2.31. The maximum Gasteiger partial charge on any atom is 0.126 e. The van der Waals surface area contributed by atoms with Crippen molar-refractivity contribution in [1.82, 2.24) is 10.2 Å². The Morgan fingerprint density at radius 2 is 1.80 bits per heavy atom. The Kier molecular flexibility index (Phi) is 6.15. The third-order valence-corrected chi connectivity index (χ3v) is 4.22. The van der Waals surface area contributed by atoms with E-state index < -0.39 is 0 Å². The molecule has 2 nitrogen and oxygen atoms in total. The van der Waals surface area contributed by atoms with Gasteiger partial charge in [-0.1, -0.05) is 32.9 Å². The molecule has 0 aromatic heterocycles. The summed E-state index contributed by atoms with van der Waals surface area (Å²) in [6.07, 6.45) is 0. The van der Waals surface area contributed by atoms with Crippen LogP contribution in [0.3, 0.4) is 0 Å². The predicted octanol–water partition coefficient (Wildman–Crippen LogP) is 3.91. The van der Waals surface area contributed by atoms with E-state index in [2.05, 4.69) is 44.8 Å². The normalized spacial score (nSPS) is 13.8. The Morgan fingerprint density at radius 1 is 1.20 bits per heavy atom. The zero-order valence-electron chi connectivity index (χ0n) is 13.8. The van der Waals surface area contributed by atoms with Gasteiger partial charge in [0.25, 0.3) is 0 Å².